The molecule has 2 aromatic heterocycles. The minimum Gasteiger partial charge on any atom is -0.330 e. The number of rotatable bonds is 3. The van der Waals surface area contributed by atoms with E-state index in [2.05, 4.69) is 50.3 Å². The lowest BCUT2D eigenvalue weighted by molar-refractivity contribution is 0.121. The van der Waals surface area contributed by atoms with E-state index in [-0.39, 0.29) is 11.6 Å². The fourth-order valence-corrected chi connectivity index (χ4v) is 4.93. The average molecular weight is 395 g/mol. The van der Waals surface area contributed by atoms with Gasteiger partial charge in [-0.2, -0.15) is 0 Å². The van der Waals surface area contributed by atoms with E-state index in [9.17, 15) is 4.79 Å². The van der Waals surface area contributed by atoms with Crippen LogP contribution < -0.4 is 10.2 Å². The Morgan fingerprint density at radius 2 is 1.96 bits per heavy atom. The Hall–Kier alpha value is -2.58. The molecule has 5 rings (SSSR count). The Bertz CT molecular complexity index is 998. The Balaban J connectivity index is 1.27. The van der Waals surface area contributed by atoms with Gasteiger partial charge in [-0.25, -0.2) is 19.7 Å². The summed E-state index contributed by atoms with van der Waals surface area (Å²) in [5.74, 6) is 0.476. The molecular weight excluding hydrogens is 372 g/mol. The van der Waals surface area contributed by atoms with Crippen molar-refractivity contribution < 1.29 is 4.79 Å². The quantitative estimate of drug-likeness (QED) is 0.738. The number of hydrogen-bond donors (Lipinski definition) is 1. The number of hydrogen-bond acceptors (Lipinski definition) is 6. The largest absolute Gasteiger partial charge is 0.330 e. The molecule has 1 N–H and O–H groups in total. The van der Waals surface area contributed by atoms with Gasteiger partial charge in [0.15, 0.2) is 0 Å². The van der Waals surface area contributed by atoms with Crippen molar-refractivity contribution in [2.45, 2.75) is 31.3 Å². The van der Waals surface area contributed by atoms with Crippen molar-refractivity contribution in [1.29, 1.82) is 0 Å². The van der Waals surface area contributed by atoms with Crippen molar-refractivity contribution >= 4 is 33.5 Å². The van der Waals surface area contributed by atoms with Gasteiger partial charge in [-0.05, 0) is 43.5 Å². The molecule has 2 saturated heterocycles. The highest BCUT2D eigenvalue weighted by Gasteiger charge is 2.46. The summed E-state index contributed by atoms with van der Waals surface area (Å²) in [6, 6.07) is 8.57. The first kappa shape index (κ1) is 17.5. The predicted octanol–water partition coefficient (Wildman–Crippen LogP) is 3.21. The Kier molecular flexibility index (Phi) is 4.25. The van der Waals surface area contributed by atoms with E-state index in [4.69, 9.17) is 0 Å². The van der Waals surface area contributed by atoms with Gasteiger partial charge in [-0.15, -0.1) is 11.3 Å². The maximum atomic E-state index is 12.5. The minimum absolute atomic E-state index is 0.0957. The molecule has 144 valence electrons. The number of piperidine rings is 1. The fourth-order valence-electron chi connectivity index (χ4n) is 4.27. The van der Waals surface area contributed by atoms with E-state index in [0.717, 1.165) is 31.4 Å². The standard InChI is InChI=1S/C20H22N6OS/c1-14(15-3-4-17-16(11-15)23-13-28-17)25-9-5-20(6-10-25)12-26(19(27)24-20)18-21-7-2-8-22-18/h2-4,7-8,11,13-14H,5-6,9-10,12H2,1H3,(H,24,27). The first-order valence-corrected chi connectivity index (χ1v) is 10.5. The summed E-state index contributed by atoms with van der Waals surface area (Å²) in [5.41, 5.74) is 4.08. The van der Waals surface area contributed by atoms with Gasteiger partial charge in [0.2, 0.25) is 5.95 Å². The SMILES string of the molecule is CC(c1ccc2scnc2c1)N1CCC2(CC1)CN(c1ncccn1)C(=O)N2. The second-order valence-electron chi connectivity index (χ2n) is 7.64. The zero-order valence-corrected chi connectivity index (χ0v) is 16.5. The van der Waals surface area contributed by atoms with Crippen molar-refractivity contribution in [1.82, 2.24) is 25.2 Å². The number of carbonyl (C=O) groups is 1. The maximum Gasteiger partial charge on any atom is 0.324 e. The summed E-state index contributed by atoms with van der Waals surface area (Å²) in [4.78, 5) is 29.6. The summed E-state index contributed by atoms with van der Waals surface area (Å²) in [6.07, 6.45) is 5.19. The number of amides is 2. The molecule has 1 aromatic carbocycles. The third kappa shape index (κ3) is 3.02. The maximum absolute atomic E-state index is 12.5. The van der Waals surface area contributed by atoms with Crippen LogP contribution in [0.4, 0.5) is 10.7 Å². The molecule has 2 amide bonds. The van der Waals surface area contributed by atoms with Crippen LogP contribution in [0.1, 0.15) is 31.4 Å². The molecule has 3 aromatic rings. The summed E-state index contributed by atoms with van der Waals surface area (Å²) in [7, 11) is 0. The Labute approximate surface area is 167 Å². The van der Waals surface area contributed by atoms with Crippen molar-refractivity contribution in [3.05, 3.63) is 47.7 Å². The van der Waals surface area contributed by atoms with Gasteiger partial charge in [0.05, 0.1) is 27.8 Å². The summed E-state index contributed by atoms with van der Waals surface area (Å²) < 4.78 is 1.23. The number of likely N-dealkylation sites (tertiary alicyclic amines) is 1. The molecule has 7 nitrogen and oxygen atoms in total. The summed E-state index contributed by atoms with van der Waals surface area (Å²) >= 11 is 1.67. The number of urea groups is 1. The lowest BCUT2D eigenvalue weighted by Crippen LogP contribution is -2.52. The minimum atomic E-state index is -0.189. The van der Waals surface area contributed by atoms with Gasteiger partial charge in [-0.3, -0.25) is 9.80 Å². The number of benzene rings is 1. The second kappa shape index (κ2) is 6.79. The zero-order chi connectivity index (χ0) is 19.1. The number of thiazole rings is 1. The van der Waals surface area contributed by atoms with Crippen LogP contribution >= 0.6 is 11.3 Å². The lowest BCUT2D eigenvalue weighted by atomic mass is 9.87. The van der Waals surface area contributed by atoms with Gasteiger partial charge in [0, 0.05) is 31.5 Å². The lowest BCUT2D eigenvalue weighted by Gasteiger charge is -2.41. The van der Waals surface area contributed by atoms with Crippen LogP contribution in [0.3, 0.4) is 0 Å². The number of nitrogens with zero attached hydrogens (tertiary/aromatic N) is 5. The molecule has 28 heavy (non-hydrogen) atoms. The van der Waals surface area contributed by atoms with Crippen LogP contribution in [0.25, 0.3) is 10.2 Å². The van der Waals surface area contributed by atoms with Crippen LogP contribution in [0.15, 0.2) is 42.2 Å². The molecule has 8 heteroatoms. The number of carbonyl (C=O) groups excluding carboxylic acids is 1. The monoisotopic (exact) mass is 394 g/mol. The molecule has 2 fully saturated rings. The van der Waals surface area contributed by atoms with E-state index in [1.54, 1.807) is 34.7 Å². The molecular formula is C20H22N6OS. The highest BCUT2D eigenvalue weighted by Crippen LogP contribution is 2.34. The number of fused-ring (bicyclic) bond motifs is 1. The number of aromatic nitrogens is 3. The van der Waals surface area contributed by atoms with Crippen LogP contribution in [-0.2, 0) is 0 Å². The van der Waals surface area contributed by atoms with Crippen LogP contribution in [0.5, 0.6) is 0 Å². The van der Waals surface area contributed by atoms with Crippen LogP contribution in [0, 0.1) is 0 Å². The van der Waals surface area contributed by atoms with E-state index < -0.39 is 0 Å². The van der Waals surface area contributed by atoms with Crippen LogP contribution in [0.2, 0.25) is 0 Å². The van der Waals surface area contributed by atoms with Gasteiger partial charge in [0.25, 0.3) is 0 Å². The fraction of sp³-hybridized carbons (Fsp3) is 0.400. The smallest absolute Gasteiger partial charge is 0.324 e. The van der Waals surface area contributed by atoms with Gasteiger partial charge >= 0.3 is 6.03 Å². The van der Waals surface area contributed by atoms with Crippen molar-refractivity contribution in [2.75, 3.05) is 24.5 Å². The molecule has 0 bridgehead atoms. The third-order valence-electron chi connectivity index (χ3n) is 6.01. The molecule has 1 spiro atoms. The predicted molar refractivity (Wildman–Crippen MR) is 109 cm³/mol. The molecule has 1 unspecified atom stereocenters. The van der Waals surface area contributed by atoms with Crippen molar-refractivity contribution in [2.24, 2.45) is 0 Å². The number of anilines is 1. The first-order valence-electron chi connectivity index (χ1n) is 9.57. The van der Waals surface area contributed by atoms with Gasteiger partial charge in [0.1, 0.15) is 0 Å². The second-order valence-corrected chi connectivity index (χ2v) is 8.52. The van der Waals surface area contributed by atoms with Crippen molar-refractivity contribution in [3.8, 4) is 0 Å². The molecule has 2 aliphatic heterocycles. The molecule has 2 aliphatic rings. The topological polar surface area (TPSA) is 74.2 Å². The van der Waals surface area contributed by atoms with Crippen molar-refractivity contribution in [3.63, 3.8) is 0 Å². The molecule has 0 aliphatic carbocycles. The number of nitrogens with one attached hydrogen (secondary N) is 1. The third-order valence-corrected chi connectivity index (χ3v) is 6.82. The van der Waals surface area contributed by atoms with E-state index in [1.807, 2.05) is 5.51 Å². The van der Waals surface area contributed by atoms with Gasteiger partial charge < -0.3 is 5.32 Å². The normalized spacial score (nSPS) is 20.6. The zero-order valence-electron chi connectivity index (χ0n) is 15.7. The van der Waals surface area contributed by atoms with E-state index >= 15 is 0 Å². The van der Waals surface area contributed by atoms with Crippen LogP contribution in [-0.4, -0.2) is 51.1 Å². The molecule has 4 heterocycles. The molecule has 0 radical (unpaired) electrons. The molecule has 0 saturated carbocycles. The Morgan fingerprint density at radius 1 is 1.18 bits per heavy atom. The van der Waals surface area contributed by atoms with E-state index in [0.29, 0.717) is 18.5 Å². The summed E-state index contributed by atoms with van der Waals surface area (Å²) in [6.45, 7) is 4.77. The molecule has 1 atom stereocenters. The average Bonchev–Trinajstić information content (AvgIpc) is 3.32. The highest BCUT2D eigenvalue weighted by atomic mass is 32.1. The van der Waals surface area contributed by atoms with Gasteiger partial charge in [-0.1, -0.05) is 6.07 Å². The first-order chi connectivity index (χ1) is 13.6. The summed E-state index contributed by atoms with van der Waals surface area (Å²) in [5, 5.41) is 3.21. The highest BCUT2D eigenvalue weighted by molar-refractivity contribution is 7.16. The Morgan fingerprint density at radius 3 is 2.75 bits per heavy atom. The van der Waals surface area contributed by atoms with E-state index in [1.165, 1.54) is 10.3 Å².